The van der Waals surface area contributed by atoms with Gasteiger partial charge in [0.2, 0.25) is 0 Å². The third kappa shape index (κ3) is 5.81. The lowest BCUT2D eigenvalue weighted by Crippen LogP contribution is -2.57. The second kappa shape index (κ2) is 10.8. The van der Waals surface area contributed by atoms with E-state index in [1.165, 1.54) is 0 Å². The number of pyridine rings is 2. The Labute approximate surface area is 222 Å². The van der Waals surface area contributed by atoms with Crippen molar-refractivity contribution in [1.29, 1.82) is 0 Å². The van der Waals surface area contributed by atoms with Crippen LogP contribution in [0.15, 0.2) is 36.5 Å². The number of aromatic amines is 1. The van der Waals surface area contributed by atoms with Crippen molar-refractivity contribution in [2.45, 2.75) is 52.4 Å². The first-order valence-electron chi connectivity index (χ1n) is 13.2. The molecule has 202 valence electrons. The van der Waals surface area contributed by atoms with Crippen LogP contribution in [0.4, 0.5) is 32.5 Å². The molecule has 3 aromatic heterocycles. The van der Waals surface area contributed by atoms with Gasteiger partial charge in [-0.15, -0.1) is 0 Å². The first-order chi connectivity index (χ1) is 18.2. The molecule has 38 heavy (non-hydrogen) atoms. The van der Waals surface area contributed by atoms with Gasteiger partial charge in [-0.25, -0.2) is 19.2 Å². The van der Waals surface area contributed by atoms with Crippen LogP contribution < -0.4 is 20.4 Å². The van der Waals surface area contributed by atoms with E-state index < -0.39 is 6.17 Å². The standard InChI is InChI=1S/C27H36FN9O/c1-17-11-23(31-24-13-18(2)33-34-24)32-26(12-17)36-9-10-37(19(3)15-36)27(38)30-20(4)21-5-6-25(29-14-21)35-8-7-22(28)16-35/h5-6,11-14,19-20,22H,7-10,15-16H2,1-4H3,(H,30,38)(H2,31,32,33,34)/t19-,20-,22+/m0/s1. The Morgan fingerprint density at radius 1 is 1.08 bits per heavy atom. The molecule has 0 unspecified atom stereocenters. The van der Waals surface area contributed by atoms with Gasteiger partial charge in [0.15, 0.2) is 5.82 Å². The second-order valence-electron chi connectivity index (χ2n) is 10.4. The quantitative estimate of drug-likeness (QED) is 0.449. The topological polar surface area (TPSA) is 105 Å². The van der Waals surface area contributed by atoms with E-state index in [0.717, 1.165) is 40.1 Å². The van der Waals surface area contributed by atoms with Crippen LogP contribution in [0.3, 0.4) is 0 Å². The number of carbonyl (C=O) groups excluding carboxylic acids is 1. The molecule has 11 heteroatoms. The molecule has 0 saturated carbocycles. The minimum atomic E-state index is -0.788. The fraction of sp³-hybridized carbons (Fsp3) is 0.481. The smallest absolute Gasteiger partial charge is 0.318 e. The number of carbonyl (C=O) groups is 1. The molecule has 0 aromatic carbocycles. The zero-order valence-electron chi connectivity index (χ0n) is 22.4. The van der Waals surface area contributed by atoms with E-state index in [1.807, 2.05) is 54.8 Å². The summed E-state index contributed by atoms with van der Waals surface area (Å²) in [7, 11) is 0. The van der Waals surface area contributed by atoms with Crippen molar-refractivity contribution in [2.75, 3.05) is 47.8 Å². The predicted octanol–water partition coefficient (Wildman–Crippen LogP) is 4.09. The average Bonchev–Trinajstić information content (AvgIpc) is 3.51. The SMILES string of the molecule is Cc1cc(Nc2cc(C)[nH]n2)nc(N2CCN(C(=O)N[C@@H](C)c3ccc(N4CC[C@@H](F)C4)nc3)[C@@H](C)C2)c1. The van der Waals surface area contributed by atoms with Gasteiger partial charge in [-0.2, -0.15) is 5.10 Å². The van der Waals surface area contributed by atoms with Gasteiger partial charge in [-0.05, 0) is 63.4 Å². The number of alkyl halides is 1. The zero-order valence-corrected chi connectivity index (χ0v) is 22.4. The Hall–Kier alpha value is -3.89. The molecular weight excluding hydrogens is 485 g/mol. The third-order valence-electron chi connectivity index (χ3n) is 7.20. The van der Waals surface area contributed by atoms with E-state index in [9.17, 15) is 9.18 Å². The van der Waals surface area contributed by atoms with Crippen LogP contribution in [0.5, 0.6) is 0 Å². The molecule has 5 rings (SSSR count). The summed E-state index contributed by atoms with van der Waals surface area (Å²) in [6.07, 6.45) is 1.53. The summed E-state index contributed by atoms with van der Waals surface area (Å²) in [5.41, 5.74) is 2.99. The van der Waals surface area contributed by atoms with Gasteiger partial charge in [-0.1, -0.05) is 6.07 Å². The van der Waals surface area contributed by atoms with Gasteiger partial charge in [0.25, 0.3) is 0 Å². The lowest BCUT2D eigenvalue weighted by Gasteiger charge is -2.40. The summed E-state index contributed by atoms with van der Waals surface area (Å²) in [5, 5.41) is 13.5. The number of hydrogen-bond donors (Lipinski definition) is 3. The number of hydrogen-bond acceptors (Lipinski definition) is 7. The number of aryl methyl sites for hydroxylation is 2. The molecular formula is C27H36FN9O. The van der Waals surface area contributed by atoms with Crippen LogP contribution in [-0.2, 0) is 0 Å². The Morgan fingerprint density at radius 2 is 1.89 bits per heavy atom. The molecule has 3 N–H and O–H groups in total. The summed E-state index contributed by atoms with van der Waals surface area (Å²) in [4.78, 5) is 28.5. The van der Waals surface area contributed by atoms with E-state index in [-0.39, 0.29) is 18.1 Å². The second-order valence-corrected chi connectivity index (χ2v) is 10.4. The highest BCUT2D eigenvalue weighted by atomic mass is 19.1. The van der Waals surface area contributed by atoms with Crippen LogP contribution >= 0.6 is 0 Å². The van der Waals surface area contributed by atoms with Crippen LogP contribution in [0.25, 0.3) is 0 Å². The van der Waals surface area contributed by atoms with Crippen molar-refractivity contribution >= 4 is 29.3 Å². The highest BCUT2D eigenvalue weighted by Crippen LogP contribution is 2.24. The number of amides is 2. The molecule has 0 bridgehead atoms. The number of anilines is 4. The first-order valence-corrected chi connectivity index (χ1v) is 13.2. The highest BCUT2D eigenvalue weighted by molar-refractivity contribution is 5.75. The lowest BCUT2D eigenvalue weighted by molar-refractivity contribution is 0.168. The van der Waals surface area contributed by atoms with Crippen LogP contribution in [0.2, 0.25) is 0 Å². The fourth-order valence-electron chi connectivity index (χ4n) is 5.07. The number of aromatic nitrogens is 4. The lowest BCUT2D eigenvalue weighted by atomic mass is 10.1. The van der Waals surface area contributed by atoms with E-state index in [0.29, 0.717) is 39.1 Å². The van der Waals surface area contributed by atoms with E-state index in [2.05, 4.69) is 43.7 Å². The van der Waals surface area contributed by atoms with Gasteiger partial charge < -0.3 is 25.3 Å². The van der Waals surface area contributed by atoms with Crippen molar-refractivity contribution in [2.24, 2.45) is 0 Å². The molecule has 2 saturated heterocycles. The Bertz CT molecular complexity index is 1260. The Morgan fingerprint density at radius 3 is 2.55 bits per heavy atom. The van der Waals surface area contributed by atoms with Gasteiger partial charge >= 0.3 is 6.03 Å². The van der Waals surface area contributed by atoms with Gasteiger partial charge in [0, 0.05) is 50.2 Å². The molecule has 0 spiro atoms. The normalized spacial score (nSPS) is 20.5. The Kier molecular flexibility index (Phi) is 7.35. The number of rotatable bonds is 6. The van der Waals surface area contributed by atoms with E-state index in [1.54, 1.807) is 6.20 Å². The molecule has 5 heterocycles. The van der Waals surface area contributed by atoms with Crippen molar-refractivity contribution in [3.05, 3.63) is 53.3 Å². The molecule has 3 aromatic rings. The zero-order chi connectivity index (χ0) is 26.8. The van der Waals surface area contributed by atoms with Gasteiger partial charge in [-0.3, -0.25) is 5.10 Å². The molecule has 0 radical (unpaired) electrons. The number of piperazine rings is 1. The van der Waals surface area contributed by atoms with Gasteiger partial charge in [0.05, 0.1) is 12.6 Å². The maximum atomic E-state index is 13.5. The van der Waals surface area contributed by atoms with Crippen molar-refractivity contribution in [1.82, 2.24) is 30.4 Å². The average molecular weight is 522 g/mol. The first kappa shape index (κ1) is 25.7. The Balaban J connectivity index is 1.17. The minimum absolute atomic E-state index is 0.00738. The monoisotopic (exact) mass is 521 g/mol. The van der Waals surface area contributed by atoms with Crippen molar-refractivity contribution < 1.29 is 9.18 Å². The summed E-state index contributed by atoms with van der Waals surface area (Å²) in [6, 6.07) is 9.57. The summed E-state index contributed by atoms with van der Waals surface area (Å²) >= 11 is 0. The molecule has 3 atom stereocenters. The van der Waals surface area contributed by atoms with Gasteiger partial charge in [0.1, 0.15) is 23.6 Å². The number of halogens is 1. The van der Waals surface area contributed by atoms with Crippen LogP contribution in [-0.4, -0.2) is 76.0 Å². The number of nitrogens with one attached hydrogen (secondary N) is 3. The number of urea groups is 1. The molecule has 2 fully saturated rings. The van der Waals surface area contributed by atoms with Crippen LogP contribution in [0.1, 0.15) is 43.1 Å². The summed E-state index contributed by atoms with van der Waals surface area (Å²) in [5.74, 6) is 3.12. The van der Waals surface area contributed by atoms with Crippen LogP contribution in [0, 0.1) is 13.8 Å². The molecule has 2 amide bonds. The summed E-state index contributed by atoms with van der Waals surface area (Å²) < 4.78 is 13.5. The molecule has 2 aliphatic heterocycles. The summed E-state index contributed by atoms with van der Waals surface area (Å²) in [6.45, 7) is 11.0. The molecule has 0 aliphatic carbocycles. The third-order valence-corrected chi connectivity index (χ3v) is 7.20. The van der Waals surface area contributed by atoms with Crippen molar-refractivity contribution in [3.63, 3.8) is 0 Å². The largest absolute Gasteiger partial charge is 0.354 e. The minimum Gasteiger partial charge on any atom is -0.354 e. The number of H-pyrrole nitrogens is 1. The highest BCUT2D eigenvalue weighted by Gasteiger charge is 2.29. The number of nitrogens with zero attached hydrogens (tertiary/aromatic N) is 6. The molecule has 2 aliphatic rings. The fourth-order valence-corrected chi connectivity index (χ4v) is 5.07. The predicted molar refractivity (Wildman–Crippen MR) is 147 cm³/mol. The maximum Gasteiger partial charge on any atom is 0.318 e. The van der Waals surface area contributed by atoms with E-state index in [4.69, 9.17) is 4.98 Å². The maximum absolute atomic E-state index is 13.5. The molecule has 10 nitrogen and oxygen atoms in total. The van der Waals surface area contributed by atoms with E-state index >= 15 is 0 Å². The van der Waals surface area contributed by atoms with Crippen molar-refractivity contribution in [3.8, 4) is 0 Å².